The number of rotatable bonds is 4. The maximum Gasteiger partial charge on any atom is 0.413 e. The Bertz CT molecular complexity index is 702. The number of carboxylic acid groups (broad SMARTS) is 1. The van der Waals surface area contributed by atoms with Crippen molar-refractivity contribution in [3.05, 3.63) is 47.7 Å². The van der Waals surface area contributed by atoms with Crippen LogP contribution in [0.2, 0.25) is 0 Å². The van der Waals surface area contributed by atoms with Crippen molar-refractivity contribution in [2.75, 3.05) is 5.32 Å². The molecule has 0 aliphatic carbocycles. The van der Waals surface area contributed by atoms with E-state index in [1.165, 1.54) is 10.9 Å². The average molecular weight is 317 g/mol. The van der Waals surface area contributed by atoms with Crippen molar-refractivity contribution < 1.29 is 19.4 Å². The quantitative estimate of drug-likeness (QED) is 0.904. The fourth-order valence-electron chi connectivity index (χ4n) is 1.95. The summed E-state index contributed by atoms with van der Waals surface area (Å²) in [5, 5.41) is 15.8. The summed E-state index contributed by atoms with van der Waals surface area (Å²) in [4.78, 5) is 23.2. The van der Waals surface area contributed by atoms with Gasteiger partial charge in [-0.2, -0.15) is 5.10 Å². The van der Waals surface area contributed by atoms with Crippen molar-refractivity contribution in [1.29, 1.82) is 0 Å². The molecule has 0 saturated carbocycles. The van der Waals surface area contributed by atoms with Crippen molar-refractivity contribution in [1.82, 2.24) is 9.78 Å². The number of carbonyl (C=O) groups excluding carboxylic acids is 1. The Morgan fingerprint density at radius 2 is 1.91 bits per heavy atom. The third-order valence-electron chi connectivity index (χ3n) is 2.86. The molecule has 122 valence electrons. The van der Waals surface area contributed by atoms with E-state index < -0.39 is 17.7 Å². The summed E-state index contributed by atoms with van der Waals surface area (Å²) in [5.74, 6) is -1.08. The summed E-state index contributed by atoms with van der Waals surface area (Å²) in [6, 6.07) is 9.41. The third-order valence-corrected chi connectivity index (χ3v) is 2.86. The molecule has 1 aromatic heterocycles. The van der Waals surface area contributed by atoms with Crippen LogP contribution in [-0.4, -0.2) is 32.6 Å². The predicted molar refractivity (Wildman–Crippen MR) is 84.6 cm³/mol. The minimum atomic E-state index is -1.17. The van der Waals surface area contributed by atoms with Gasteiger partial charge in [-0.15, -0.1) is 0 Å². The Morgan fingerprint density at radius 3 is 2.48 bits per heavy atom. The largest absolute Gasteiger partial charge is 0.477 e. The first-order valence-electron chi connectivity index (χ1n) is 7.09. The molecule has 0 spiro atoms. The van der Waals surface area contributed by atoms with Crippen LogP contribution >= 0.6 is 0 Å². The van der Waals surface area contributed by atoms with Crippen LogP contribution < -0.4 is 5.32 Å². The number of benzene rings is 1. The van der Waals surface area contributed by atoms with Crippen LogP contribution in [0, 0.1) is 0 Å². The first-order chi connectivity index (χ1) is 10.8. The number of hydrogen-bond acceptors (Lipinski definition) is 4. The lowest BCUT2D eigenvalue weighted by atomic mass is 10.2. The maximum atomic E-state index is 11.9. The fraction of sp³-hybridized carbons (Fsp3) is 0.312. The Labute approximate surface area is 133 Å². The molecule has 7 nitrogen and oxygen atoms in total. The standard InChI is InChI=1S/C16H19N3O4/c1-16(2,3)23-15(22)18-13-12(14(20)21)9-17-19(13)10-11-7-5-4-6-8-11/h4-9H,10H2,1-3H3,(H,18,22)(H,20,21). The van der Waals surface area contributed by atoms with E-state index in [-0.39, 0.29) is 11.4 Å². The van der Waals surface area contributed by atoms with Crippen LogP contribution in [0.1, 0.15) is 36.7 Å². The Hall–Kier alpha value is -2.83. The van der Waals surface area contributed by atoms with Crippen molar-refractivity contribution in [2.45, 2.75) is 32.9 Å². The normalized spacial score (nSPS) is 11.1. The number of nitrogens with one attached hydrogen (secondary N) is 1. The Morgan fingerprint density at radius 1 is 1.26 bits per heavy atom. The number of ether oxygens (including phenoxy) is 1. The van der Waals surface area contributed by atoms with Crippen LogP contribution in [0.15, 0.2) is 36.5 Å². The molecule has 0 bridgehead atoms. The number of hydrogen-bond donors (Lipinski definition) is 2. The molecule has 23 heavy (non-hydrogen) atoms. The molecule has 2 N–H and O–H groups in total. The Balaban J connectivity index is 2.26. The van der Waals surface area contributed by atoms with Gasteiger partial charge in [-0.05, 0) is 26.3 Å². The number of anilines is 1. The number of carbonyl (C=O) groups is 2. The molecule has 0 aliphatic heterocycles. The van der Waals surface area contributed by atoms with Crippen molar-refractivity contribution in [2.24, 2.45) is 0 Å². The average Bonchev–Trinajstić information content (AvgIpc) is 2.81. The molecule has 0 atom stereocenters. The van der Waals surface area contributed by atoms with Crippen molar-refractivity contribution >= 4 is 17.9 Å². The van der Waals surface area contributed by atoms with Crippen LogP contribution in [0.4, 0.5) is 10.6 Å². The van der Waals surface area contributed by atoms with Gasteiger partial charge in [0.15, 0.2) is 0 Å². The summed E-state index contributed by atoms with van der Waals surface area (Å²) in [5.41, 5.74) is 0.157. The molecule has 0 saturated heterocycles. The maximum absolute atomic E-state index is 11.9. The summed E-state index contributed by atoms with van der Waals surface area (Å²) < 4.78 is 6.59. The molecule has 0 aliphatic rings. The highest BCUT2D eigenvalue weighted by Crippen LogP contribution is 2.18. The third kappa shape index (κ3) is 4.57. The number of amides is 1. The minimum absolute atomic E-state index is 0.0909. The van der Waals surface area contributed by atoms with E-state index in [9.17, 15) is 14.7 Å². The Kier molecular flexibility index (Phi) is 4.68. The van der Waals surface area contributed by atoms with Gasteiger partial charge in [-0.25, -0.2) is 14.3 Å². The highest BCUT2D eigenvalue weighted by Gasteiger charge is 2.22. The van der Waals surface area contributed by atoms with Gasteiger partial charge in [0.1, 0.15) is 17.0 Å². The first-order valence-corrected chi connectivity index (χ1v) is 7.09. The topological polar surface area (TPSA) is 93.4 Å². The van der Waals surface area contributed by atoms with Crippen LogP contribution in [-0.2, 0) is 11.3 Å². The van der Waals surface area contributed by atoms with Crippen LogP contribution in [0.3, 0.4) is 0 Å². The number of carboxylic acids is 1. The summed E-state index contributed by atoms with van der Waals surface area (Å²) in [7, 11) is 0. The van der Waals surface area contributed by atoms with E-state index >= 15 is 0 Å². The highest BCUT2D eigenvalue weighted by atomic mass is 16.6. The predicted octanol–water partition coefficient (Wildman–Crippen LogP) is 2.98. The number of nitrogens with zero attached hydrogens (tertiary/aromatic N) is 2. The van der Waals surface area contributed by atoms with Gasteiger partial charge in [-0.3, -0.25) is 5.32 Å². The second kappa shape index (κ2) is 6.51. The molecule has 7 heteroatoms. The fourth-order valence-corrected chi connectivity index (χ4v) is 1.95. The zero-order valence-electron chi connectivity index (χ0n) is 13.2. The van der Waals surface area contributed by atoms with Crippen LogP contribution in [0.25, 0.3) is 0 Å². The van der Waals surface area contributed by atoms with Gasteiger partial charge >= 0.3 is 12.1 Å². The SMILES string of the molecule is CC(C)(C)OC(=O)Nc1c(C(=O)O)cnn1Cc1ccccc1. The molecular formula is C16H19N3O4. The molecule has 1 heterocycles. The zero-order chi connectivity index (χ0) is 17.0. The van der Waals surface area contributed by atoms with Gasteiger partial charge in [-0.1, -0.05) is 30.3 Å². The van der Waals surface area contributed by atoms with Gasteiger partial charge in [0.25, 0.3) is 0 Å². The number of aromatic carboxylic acids is 1. The van der Waals surface area contributed by atoms with E-state index in [0.717, 1.165) is 5.56 Å². The van der Waals surface area contributed by atoms with Crippen molar-refractivity contribution in [3.63, 3.8) is 0 Å². The van der Waals surface area contributed by atoms with Gasteiger partial charge < -0.3 is 9.84 Å². The number of aromatic nitrogens is 2. The lowest BCUT2D eigenvalue weighted by Crippen LogP contribution is -2.28. The molecule has 0 radical (unpaired) electrons. The monoisotopic (exact) mass is 317 g/mol. The molecule has 2 aromatic rings. The second-order valence-corrected chi connectivity index (χ2v) is 5.98. The minimum Gasteiger partial charge on any atom is -0.477 e. The van der Waals surface area contributed by atoms with E-state index in [1.54, 1.807) is 20.8 Å². The molecular weight excluding hydrogens is 298 g/mol. The van der Waals surface area contributed by atoms with Gasteiger partial charge in [0.05, 0.1) is 12.7 Å². The molecule has 0 fully saturated rings. The van der Waals surface area contributed by atoms with E-state index in [4.69, 9.17) is 4.74 Å². The zero-order valence-corrected chi connectivity index (χ0v) is 13.2. The van der Waals surface area contributed by atoms with E-state index in [0.29, 0.717) is 6.54 Å². The lowest BCUT2D eigenvalue weighted by molar-refractivity contribution is 0.0634. The van der Waals surface area contributed by atoms with Crippen LogP contribution in [0.5, 0.6) is 0 Å². The molecule has 2 rings (SSSR count). The summed E-state index contributed by atoms with van der Waals surface area (Å²) in [6.07, 6.45) is 0.479. The second-order valence-electron chi connectivity index (χ2n) is 5.98. The summed E-state index contributed by atoms with van der Waals surface area (Å²) in [6.45, 7) is 5.52. The lowest BCUT2D eigenvalue weighted by Gasteiger charge is -2.20. The van der Waals surface area contributed by atoms with E-state index in [2.05, 4.69) is 10.4 Å². The summed E-state index contributed by atoms with van der Waals surface area (Å²) >= 11 is 0. The molecule has 1 amide bonds. The van der Waals surface area contributed by atoms with Gasteiger partial charge in [0.2, 0.25) is 0 Å². The van der Waals surface area contributed by atoms with Gasteiger partial charge in [0, 0.05) is 0 Å². The smallest absolute Gasteiger partial charge is 0.413 e. The highest BCUT2D eigenvalue weighted by molar-refractivity contribution is 5.97. The first kappa shape index (κ1) is 16.5. The molecule has 0 unspecified atom stereocenters. The molecule has 1 aromatic carbocycles. The van der Waals surface area contributed by atoms with E-state index in [1.807, 2.05) is 30.3 Å². The van der Waals surface area contributed by atoms with Crippen molar-refractivity contribution in [3.8, 4) is 0 Å².